The molecule has 0 aromatic heterocycles. The number of carbonyl (C=O) groups excluding carboxylic acids is 1. The van der Waals surface area contributed by atoms with Gasteiger partial charge in [0.15, 0.2) is 0 Å². The molecule has 0 saturated carbocycles. The highest BCUT2D eigenvalue weighted by atomic mass is 35.5. The maximum atomic E-state index is 11.1. The number of amides is 1. The molecule has 0 radical (unpaired) electrons. The van der Waals surface area contributed by atoms with Crippen molar-refractivity contribution in [3.8, 4) is 5.75 Å². The lowest BCUT2D eigenvalue weighted by Crippen LogP contribution is -2.22. The van der Waals surface area contributed by atoms with E-state index in [2.05, 4.69) is 25.2 Å². The van der Waals surface area contributed by atoms with Crippen molar-refractivity contribution in [1.29, 1.82) is 0 Å². The molecule has 1 amide bonds. The predicted molar refractivity (Wildman–Crippen MR) is 76.4 cm³/mol. The predicted octanol–water partition coefficient (Wildman–Crippen LogP) is 2.97. The third-order valence-electron chi connectivity index (χ3n) is 2.36. The van der Waals surface area contributed by atoms with Crippen molar-refractivity contribution >= 4 is 31.7 Å². The molecule has 0 atom stereocenters. The van der Waals surface area contributed by atoms with Gasteiger partial charge in [0.25, 0.3) is 0 Å². The molecule has 0 aliphatic heterocycles. The van der Waals surface area contributed by atoms with Crippen LogP contribution < -0.4 is 15.4 Å². The van der Waals surface area contributed by atoms with Crippen molar-refractivity contribution in [1.82, 2.24) is 5.32 Å². The van der Waals surface area contributed by atoms with Gasteiger partial charge in [0, 0.05) is 7.05 Å². The molecule has 0 fully saturated rings. The second-order valence-electron chi connectivity index (χ2n) is 3.31. The van der Waals surface area contributed by atoms with Crippen molar-refractivity contribution in [2.75, 3.05) is 19.4 Å². The molecule has 5 heteroatoms. The van der Waals surface area contributed by atoms with E-state index < -0.39 is 6.09 Å². The first-order valence-corrected chi connectivity index (χ1v) is 7.17. The third-order valence-corrected chi connectivity index (χ3v) is 4.90. The van der Waals surface area contributed by atoms with Gasteiger partial charge in [-0.1, -0.05) is 33.9 Å². The van der Waals surface area contributed by atoms with E-state index >= 15 is 0 Å². The fourth-order valence-corrected chi connectivity index (χ4v) is 3.27. The van der Waals surface area contributed by atoms with Crippen LogP contribution in [-0.2, 0) is 0 Å². The number of benzene rings is 1. The molecule has 1 aromatic rings. The normalized spacial score (nSPS) is 9.65. The summed E-state index contributed by atoms with van der Waals surface area (Å²) >= 11 is 0. The molecule has 17 heavy (non-hydrogen) atoms. The summed E-state index contributed by atoms with van der Waals surface area (Å²) < 4.78 is 5.10. The molecule has 0 aliphatic carbocycles. The Balaban J connectivity index is 0.00000256. The average molecular weight is 276 g/mol. The number of ether oxygens (including phenoxy) is 1. The molecular formula is C12H19ClNO2P. The summed E-state index contributed by atoms with van der Waals surface area (Å²) in [6, 6.07) is 7.81. The van der Waals surface area contributed by atoms with Crippen LogP contribution in [0.1, 0.15) is 13.8 Å². The van der Waals surface area contributed by atoms with Crippen molar-refractivity contribution in [2.24, 2.45) is 0 Å². The van der Waals surface area contributed by atoms with Gasteiger partial charge in [-0.3, -0.25) is 0 Å². The zero-order chi connectivity index (χ0) is 12.0. The van der Waals surface area contributed by atoms with Crippen molar-refractivity contribution in [3.05, 3.63) is 24.3 Å². The van der Waals surface area contributed by atoms with E-state index in [0.29, 0.717) is 5.75 Å². The van der Waals surface area contributed by atoms with E-state index in [4.69, 9.17) is 4.74 Å². The van der Waals surface area contributed by atoms with Crippen LogP contribution in [-0.4, -0.2) is 25.5 Å². The number of rotatable bonds is 4. The molecule has 0 saturated heterocycles. The van der Waals surface area contributed by atoms with Gasteiger partial charge in [0.2, 0.25) is 0 Å². The average Bonchev–Trinajstić information content (AvgIpc) is 2.31. The van der Waals surface area contributed by atoms with Crippen LogP contribution in [0.2, 0.25) is 0 Å². The van der Waals surface area contributed by atoms with Crippen LogP contribution in [0.5, 0.6) is 5.75 Å². The molecular weight excluding hydrogens is 257 g/mol. The molecule has 0 spiro atoms. The second kappa shape index (κ2) is 8.32. The molecule has 1 aromatic carbocycles. The lowest BCUT2D eigenvalue weighted by molar-refractivity contribution is 0.203. The Labute approximate surface area is 110 Å². The Morgan fingerprint density at radius 3 is 2.53 bits per heavy atom. The SMILES string of the molecule is CCP(CC)c1cccc(OC(=O)NC)c1.Cl. The van der Waals surface area contributed by atoms with E-state index in [0.717, 1.165) is 12.3 Å². The first-order valence-electron chi connectivity index (χ1n) is 5.45. The Morgan fingerprint density at radius 2 is 2.00 bits per heavy atom. The summed E-state index contributed by atoms with van der Waals surface area (Å²) in [6.07, 6.45) is 1.90. The fraction of sp³-hybridized carbons (Fsp3) is 0.417. The van der Waals surface area contributed by atoms with Crippen LogP contribution in [0, 0.1) is 0 Å². The fourth-order valence-electron chi connectivity index (χ4n) is 1.49. The standard InChI is InChI=1S/C12H18NO2P.ClH/c1-4-16(5-2)11-8-6-7-10(9-11)15-12(14)13-3;/h6-9H,4-5H2,1-3H3,(H,13,14);1H. The van der Waals surface area contributed by atoms with Crippen LogP contribution in [0.15, 0.2) is 24.3 Å². The largest absolute Gasteiger partial charge is 0.412 e. The van der Waals surface area contributed by atoms with Crippen LogP contribution in [0.4, 0.5) is 4.79 Å². The third kappa shape index (κ3) is 4.93. The molecule has 1 N–H and O–H groups in total. The van der Waals surface area contributed by atoms with E-state index in [9.17, 15) is 4.79 Å². The zero-order valence-corrected chi connectivity index (χ0v) is 12.1. The Bertz CT molecular complexity index is 356. The highest BCUT2D eigenvalue weighted by Crippen LogP contribution is 2.33. The highest BCUT2D eigenvalue weighted by Gasteiger charge is 2.08. The van der Waals surface area contributed by atoms with Crippen molar-refractivity contribution < 1.29 is 9.53 Å². The summed E-state index contributed by atoms with van der Waals surface area (Å²) in [5.74, 6) is 0.617. The van der Waals surface area contributed by atoms with Crippen LogP contribution in [0.3, 0.4) is 0 Å². The van der Waals surface area contributed by atoms with Crippen LogP contribution in [0.25, 0.3) is 0 Å². The van der Waals surface area contributed by atoms with E-state index in [1.165, 1.54) is 5.30 Å². The minimum atomic E-state index is -0.422. The molecule has 0 unspecified atom stereocenters. The van der Waals surface area contributed by atoms with Crippen molar-refractivity contribution in [3.63, 3.8) is 0 Å². The molecule has 96 valence electrons. The summed E-state index contributed by atoms with van der Waals surface area (Å²) in [7, 11) is 1.44. The minimum Gasteiger partial charge on any atom is -0.410 e. The van der Waals surface area contributed by atoms with Gasteiger partial charge in [-0.15, -0.1) is 12.4 Å². The number of carbonyl (C=O) groups is 1. The smallest absolute Gasteiger partial charge is 0.410 e. The lowest BCUT2D eigenvalue weighted by atomic mass is 10.3. The summed E-state index contributed by atoms with van der Waals surface area (Å²) in [6.45, 7) is 4.39. The molecule has 3 nitrogen and oxygen atoms in total. The molecule has 0 heterocycles. The summed E-state index contributed by atoms with van der Waals surface area (Å²) in [5.41, 5.74) is 0. The monoisotopic (exact) mass is 275 g/mol. The molecule has 0 aliphatic rings. The lowest BCUT2D eigenvalue weighted by Gasteiger charge is -2.14. The number of halogens is 1. The number of nitrogens with one attached hydrogen (secondary N) is 1. The minimum absolute atomic E-state index is 0. The Kier molecular flexibility index (Phi) is 7.94. The first kappa shape index (κ1) is 16.2. The van der Waals surface area contributed by atoms with E-state index in [1.807, 2.05) is 12.1 Å². The van der Waals surface area contributed by atoms with Gasteiger partial charge in [-0.25, -0.2) is 4.79 Å². The van der Waals surface area contributed by atoms with Gasteiger partial charge in [-0.05, 0) is 29.8 Å². The van der Waals surface area contributed by atoms with Gasteiger partial charge < -0.3 is 10.1 Å². The summed E-state index contributed by atoms with van der Waals surface area (Å²) in [4.78, 5) is 11.1. The van der Waals surface area contributed by atoms with Crippen molar-refractivity contribution in [2.45, 2.75) is 13.8 Å². The topological polar surface area (TPSA) is 38.3 Å². The van der Waals surface area contributed by atoms with Crippen LogP contribution >= 0.6 is 20.3 Å². The zero-order valence-electron chi connectivity index (χ0n) is 10.4. The number of hydrogen-bond donors (Lipinski definition) is 1. The molecule has 0 bridgehead atoms. The maximum Gasteiger partial charge on any atom is 0.412 e. The van der Waals surface area contributed by atoms with E-state index in [-0.39, 0.29) is 20.3 Å². The maximum absolute atomic E-state index is 11.1. The Morgan fingerprint density at radius 1 is 1.35 bits per heavy atom. The van der Waals surface area contributed by atoms with Gasteiger partial charge in [0.1, 0.15) is 5.75 Å². The number of hydrogen-bond acceptors (Lipinski definition) is 2. The van der Waals surface area contributed by atoms with Gasteiger partial charge >= 0.3 is 6.09 Å². The second-order valence-corrected chi connectivity index (χ2v) is 6.17. The molecule has 1 rings (SSSR count). The van der Waals surface area contributed by atoms with E-state index in [1.54, 1.807) is 13.1 Å². The van der Waals surface area contributed by atoms with Gasteiger partial charge in [-0.2, -0.15) is 0 Å². The Hall–Kier alpha value is -0.790. The first-order chi connectivity index (χ1) is 7.71. The quantitative estimate of drug-likeness (QED) is 0.858. The van der Waals surface area contributed by atoms with Gasteiger partial charge in [0.05, 0.1) is 0 Å². The summed E-state index contributed by atoms with van der Waals surface area (Å²) in [5, 5.41) is 3.73. The highest BCUT2D eigenvalue weighted by molar-refractivity contribution is 7.65.